The molecule has 3 aromatic heterocycles. The molecule has 5 aromatic carbocycles. The first kappa shape index (κ1) is 20.1. The molecule has 0 spiro atoms. The highest BCUT2D eigenvalue weighted by atomic mass is 16.4. The lowest BCUT2D eigenvalue weighted by Crippen LogP contribution is -2.01. The maximum Gasteiger partial charge on any atom is 0.227 e. The second-order valence-electron chi connectivity index (χ2n) is 9.18. The highest BCUT2D eigenvalue weighted by molar-refractivity contribution is 6.09. The van der Waals surface area contributed by atoms with E-state index in [0.29, 0.717) is 38.9 Å². The average molecular weight is 479 g/mol. The summed E-state index contributed by atoms with van der Waals surface area (Å²) in [7, 11) is 0. The minimum Gasteiger partial charge on any atom is -0.456 e. The third kappa shape index (κ3) is 2.91. The van der Waals surface area contributed by atoms with Crippen molar-refractivity contribution in [2.75, 3.05) is 0 Å². The Labute approximate surface area is 209 Å². The minimum atomic E-state index is -0.0705. The summed E-state index contributed by atoms with van der Waals surface area (Å²) in [5.41, 5.74) is 6.41. The van der Waals surface area contributed by atoms with Crippen molar-refractivity contribution in [1.82, 2.24) is 9.55 Å². The van der Waals surface area contributed by atoms with Gasteiger partial charge in [-0.25, -0.2) is 4.98 Å². The van der Waals surface area contributed by atoms with Crippen molar-refractivity contribution in [2.45, 2.75) is 0 Å². The predicted molar refractivity (Wildman–Crippen MR) is 147 cm³/mol. The second kappa shape index (κ2) is 7.42. The Balaban J connectivity index is 1.26. The van der Waals surface area contributed by atoms with Crippen LogP contribution in [0.5, 0.6) is 0 Å². The van der Waals surface area contributed by atoms with Crippen LogP contribution in [0.4, 0.5) is 0 Å². The van der Waals surface area contributed by atoms with Crippen molar-refractivity contribution >= 4 is 54.8 Å². The molecule has 0 saturated heterocycles. The zero-order chi connectivity index (χ0) is 24.5. The van der Waals surface area contributed by atoms with E-state index in [-0.39, 0.29) is 5.43 Å². The van der Waals surface area contributed by atoms with Crippen LogP contribution in [0.15, 0.2) is 123 Å². The molecule has 0 bridgehead atoms. The van der Waals surface area contributed by atoms with Crippen molar-refractivity contribution in [3.8, 4) is 17.1 Å². The van der Waals surface area contributed by atoms with Gasteiger partial charge in [0, 0.05) is 28.1 Å². The van der Waals surface area contributed by atoms with Crippen molar-refractivity contribution in [1.29, 1.82) is 0 Å². The number of rotatable bonds is 2. The van der Waals surface area contributed by atoms with Gasteiger partial charge in [-0.15, -0.1) is 0 Å². The quantitative estimate of drug-likeness (QED) is 0.237. The number of hydrogen-bond acceptors (Lipinski definition) is 4. The summed E-state index contributed by atoms with van der Waals surface area (Å²) in [6.45, 7) is 0. The molecule has 3 heterocycles. The van der Waals surface area contributed by atoms with Crippen LogP contribution >= 0.6 is 0 Å². The van der Waals surface area contributed by atoms with Crippen LogP contribution in [0, 0.1) is 0 Å². The molecule has 5 nitrogen and oxygen atoms in total. The molecular formula is C32H18N2O3. The molecule has 0 saturated carbocycles. The standard InChI is InChI=1S/C32H18N2O3/c35-31-23-9-3-6-12-28(23)36-29-18-30-25(17-24(29)31)33-32(37-30)19-13-15-20(16-14-19)34-26-10-4-1-7-21(26)22-8-2-5-11-27(22)34/h1-18H. The fraction of sp³-hybridized carbons (Fsp3) is 0. The zero-order valence-corrected chi connectivity index (χ0v) is 19.5. The predicted octanol–water partition coefficient (Wildman–Crippen LogP) is 7.85. The molecule has 174 valence electrons. The largest absolute Gasteiger partial charge is 0.456 e. The van der Waals surface area contributed by atoms with Gasteiger partial charge in [0.2, 0.25) is 11.3 Å². The summed E-state index contributed by atoms with van der Waals surface area (Å²) >= 11 is 0. The Morgan fingerprint density at radius 3 is 1.95 bits per heavy atom. The third-order valence-corrected chi connectivity index (χ3v) is 7.04. The van der Waals surface area contributed by atoms with Gasteiger partial charge in [0.25, 0.3) is 0 Å². The maximum absolute atomic E-state index is 13.0. The molecule has 8 aromatic rings. The number of para-hydroxylation sites is 3. The van der Waals surface area contributed by atoms with Gasteiger partial charge in [0.05, 0.1) is 21.8 Å². The lowest BCUT2D eigenvalue weighted by molar-refractivity contribution is 0.617. The molecule has 0 fully saturated rings. The van der Waals surface area contributed by atoms with Gasteiger partial charge in [-0.3, -0.25) is 4.79 Å². The highest BCUT2D eigenvalue weighted by Gasteiger charge is 2.15. The molecule has 0 aliphatic heterocycles. The topological polar surface area (TPSA) is 61.2 Å². The number of benzene rings is 5. The van der Waals surface area contributed by atoms with E-state index in [1.165, 1.54) is 10.8 Å². The van der Waals surface area contributed by atoms with Crippen LogP contribution in [0.3, 0.4) is 0 Å². The molecular weight excluding hydrogens is 460 g/mol. The Morgan fingerprint density at radius 2 is 1.22 bits per heavy atom. The first-order valence-corrected chi connectivity index (χ1v) is 12.1. The molecule has 0 aliphatic carbocycles. The fourth-order valence-corrected chi connectivity index (χ4v) is 5.30. The van der Waals surface area contributed by atoms with Crippen molar-refractivity contribution < 1.29 is 8.83 Å². The lowest BCUT2D eigenvalue weighted by Gasteiger charge is -2.08. The summed E-state index contributed by atoms with van der Waals surface area (Å²) in [6.07, 6.45) is 0. The van der Waals surface area contributed by atoms with Gasteiger partial charge in [-0.1, -0.05) is 48.5 Å². The normalized spacial score (nSPS) is 11.9. The molecule has 0 aliphatic rings. The van der Waals surface area contributed by atoms with Crippen LogP contribution in [-0.2, 0) is 0 Å². The van der Waals surface area contributed by atoms with Crippen molar-refractivity contribution in [3.63, 3.8) is 0 Å². The van der Waals surface area contributed by atoms with Crippen LogP contribution in [0.1, 0.15) is 0 Å². The van der Waals surface area contributed by atoms with Gasteiger partial charge in [0.15, 0.2) is 5.58 Å². The van der Waals surface area contributed by atoms with Gasteiger partial charge in [-0.05, 0) is 54.6 Å². The summed E-state index contributed by atoms with van der Waals surface area (Å²) in [5.74, 6) is 0.496. The number of nitrogens with zero attached hydrogens (tertiary/aromatic N) is 2. The van der Waals surface area contributed by atoms with E-state index in [1.807, 2.05) is 24.3 Å². The number of fused-ring (bicyclic) bond motifs is 6. The van der Waals surface area contributed by atoms with Gasteiger partial charge in [-0.2, -0.15) is 0 Å². The Morgan fingerprint density at radius 1 is 0.568 bits per heavy atom. The smallest absolute Gasteiger partial charge is 0.227 e. The van der Waals surface area contributed by atoms with E-state index in [4.69, 9.17) is 13.8 Å². The maximum atomic E-state index is 13.0. The van der Waals surface area contributed by atoms with E-state index < -0.39 is 0 Å². The van der Waals surface area contributed by atoms with Crippen molar-refractivity contribution in [3.05, 3.63) is 119 Å². The van der Waals surface area contributed by atoms with E-state index in [0.717, 1.165) is 22.3 Å². The SMILES string of the molecule is O=c1c2ccccc2oc2cc3oc(-c4ccc(-n5c6ccccc6c6ccccc65)cc4)nc3cc12. The molecule has 0 N–H and O–H groups in total. The summed E-state index contributed by atoms with van der Waals surface area (Å²) in [4.78, 5) is 17.7. The van der Waals surface area contributed by atoms with E-state index in [9.17, 15) is 4.79 Å². The molecule has 0 radical (unpaired) electrons. The van der Waals surface area contributed by atoms with E-state index in [2.05, 4.69) is 65.2 Å². The first-order chi connectivity index (χ1) is 18.2. The summed E-state index contributed by atoms with van der Waals surface area (Å²) < 4.78 is 14.4. The van der Waals surface area contributed by atoms with Gasteiger partial charge < -0.3 is 13.4 Å². The highest BCUT2D eigenvalue weighted by Crippen LogP contribution is 2.33. The average Bonchev–Trinajstić information content (AvgIpc) is 3.51. The monoisotopic (exact) mass is 478 g/mol. The second-order valence-corrected chi connectivity index (χ2v) is 9.18. The number of hydrogen-bond donors (Lipinski definition) is 0. The third-order valence-electron chi connectivity index (χ3n) is 7.04. The van der Waals surface area contributed by atoms with Gasteiger partial charge in [0.1, 0.15) is 16.7 Å². The van der Waals surface area contributed by atoms with E-state index in [1.54, 1.807) is 24.3 Å². The molecule has 0 unspecified atom stereocenters. The lowest BCUT2D eigenvalue weighted by atomic mass is 10.1. The molecule has 0 amide bonds. The molecule has 8 rings (SSSR count). The first-order valence-electron chi connectivity index (χ1n) is 12.1. The minimum absolute atomic E-state index is 0.0705. The Bertz CT molecular complexity index is 2160. The molecule has 5 heteroatoms. The van der Waals surface area contributed by atoms with Gasteiger partial charge >= 0.3 is 0 Å². The zero-order valence-electron chi connectivity index (χ0n) is 19.5. The van der Waals surface area contributed by atoms with Crippen LogP contribution in [0.2, 0.25) is 0 Å². The van der Waals surface area contributed by atoms with Crippen LogP contribution in [0.25, 0.3) is 72.0 Å². The van der Waals surface area contributed by atoms with Crippen molar-refractivity contribution in [2.24, 2.45) is 0 Å². The molecule has 37 heavy (non-hydrogen) atoms. The van der Waals surface area contributed by atoms with Crippen LogP contribution in [-0.4, -0.2) is 9.55 Å². The number of oxazole rings is 1. The molecule has 0 atom stereocenters. The fourth-order valence-electron chi connectivity index (χ4n) is 5.30. The van der Waals surface area contributed by atoms with E-state index >= 15 is 0 Å². The summed E-state index contributed by atoms with van der Waals surface area (Å²) in [6, 6.07) is 35.8. The summed E-state index contributed by atoms with van der Waals surface area (Å²) in [5, 5.41) is 3.50. The number of aromatic nitrogens is 2. The Hall–Kier alpha value is -5.16. The Kier molecular flexibility index (Phi) is 4.03. The van der Waals surface area contributed by atoms with Crippen LogP contribution < -0.4 is 5.43 Å².